The molecule has 1 aliphatic carbocycles. The summed E-state index contributed by atoms with van der Waals surface area (Å²) < 4.78 is 0. The molecule has 1 fully saturated rings. The summed E-state index contributed by atoms with van der Waals surface area (Å²) in [6, 6.07) is 0. The smallest absolute Gasteiger partial charge is 0.227 e. The molecular weight excluding hydrogens is 140 g/mol. The number of nitrogens with two attached hydrogens (primary N) is 1. The SMILES string of the molecule is NCCNC(=O)[C]1[CH][CH][CH][CH]1. The van der Waals surface area contributed by atoms with Crippen molar-refractivity contribution in [3.8, 4) is 0 Å². The molecule has 1 saturated carbocycles. The largest absolute Gasteiger partial charge is 0.354 e. The van der Waals surface area contributed by atoms with Gasteiger partial charge < -0.3 is 11.1 Å². The van der Waals surface area contributed by atoms with Gasteiger partial charge in [0.25, 0.3) is 0 Å². The van der Waals surface area contributed by atoms with Crippen molar-refractivity contribution >= 4 is 5.91 Å². The Labute approximate surface area is 67.3 Å². The maximum atomic E-state index is 11.1. The Morgan fingerprint density at radius 2 is 2.09 bits per heavy atom. The first kappa shape index (κ1) is 8.53. The summed E-state index contributed by atoms with van der Waals surface area (Å²) in [5.74, 6) is 0.638. The van der Waals surface area contributed by atoms with E-state index in [2.05, 4.69) is 5.32 Å². The van der Waals surface area contributed by atoms with Crippen LogP contribution >= 0.6 is 0 Å². The zero-order valence-corrected chi connectivity index (χ0v) is 6.21. The fraction of sp³-hybridized carbons (Fsp3) is 0.250. The van der Waals surface area contributed by atoms with Crippen LogP contribution in [0.3, 0.4) is 0 Å². The van der Waals surface area contributed by atoms with Crippen LogP contribution < -0.4 is 11.1 Å². The van der Waals surface area contributed by atoms with Crippen molar-refractivity contribution in [1.29, 1.82) is 0 Å². The maximum absolute atomic E-state index is 11.1. The van der Waals surface area contributed by atoms with Crippen molar-refractivity contribution < 1.29 is 4.79 Å². The van der Waals surface area contributed by atoms with Crippen molar-refractivity contribution in [2.75, 3.05) is 13.1 Å². The van der Waals surface area contributed by atoms with Gasteiger partial charge in [-0.05, 0) is 25.7 Å². The van der Waals surface area contributed by atoms with E-state index < -0.39 is 0 Å². The Morgan fingerprint density at radius 3 is 2.64 bits per heavy atom. The second-order valence-electron chi connectivity index (χ2n) is 2.22. The molecule has 0 atom stereocenters. The average Bonchev–Trinajstić information content (AvgIpc) is 2.52. The average molecular weight is 151 g/mol. The Balaban J connectivity index is 2.17. The predicted octanol–water partition coefficient (Wildman–Crippen LogP) is -0.533. The van der Waals surface area contributed by atoms with Crippen LogP contribution in [0.5, 0.6) is 0 Å². The van der Waals surface area contributed by atoms with Gasteiger partial charge in [0.2, 0.25) is 5.91 Å². The Bertz CT molecular complexity index is 130. The highest BCUT2D eigenvalue weighted by Crippen LogP contribution is 2.22. The van der Waals surface area contributed by atoms with Crippen LogP contribution in [-0.4, -0.2) is 19.0 Å². The molecule has 1 amide bonds. The Kier molecular flexibility index (Phi) is 3.36. The Morgan fingerprint density at radius 1 is 1.45 bits per heavy atom. The van der Waals surface area contributed by atoms with Gasteiger partial charge in [-0.3, -0.25) is 4.79 Å². The second kappa shape index (κ2) is 4.34. The first-order valence-corrected chi connectivity index (χ1v) is 3.54. The molecule has 0 unspecified atom stereocenters. The number of nitrogens with one attached hydrogen (secondary N) is 1. The fourth-order valence-corrected chi connectivity index (χ4v) is 0.813. The lowest BCUT2D eigenvalue weighted by atomic mass is 10.1. The molecular formula is C8H11N2O. The van der Waals surface area contributed by atoms with E-state index in [1.807, 2.05) is 12.8 Å². The minimum atomic E-state index is -0.0551. The minimum absolute atomic E-state index is 0.0551. The molecule has 5 radical (unpaired) electrons. The molecule has 0 heterocycles. The van der Waals surface area contributed by atoms with E-state index in [0.29, 0.717) is 19.0 Å². The molecule has 1 aliphatic rings. The molecule has 59 valence electrons. The van der Waals surface area contributed by atoms with Gasteiger partial charge in [-0.15, -0.1) is 0 Å². The van der Waals surface area contributed by atoms with Crippen molar-refractivity contribution in [1.82, 2.24) is 5.32 Å². The van der Waals surface area contributed by atoms with Crippen molar-refractivity contribution in [2.45, 2.75) is 0 Å². The highest BCUT2D eigenvalue weighted by Gasteiger charge is 2.23. The first-order valence-electron chi connectivity index (χ1n) is 3.54. The monoisotopic (exact) mass is 151 g/mol. The van der Waals surface area contributed by atoms with Crippen molar-refractivity contribution in [3.05, 3.63) is 31.6 Å². The molecule has 11 heavy (non-hydrogen) atoms. The van der Waals surface area contributed by atoms with Gasteiger partial charge in [-0.25, -0.2) is 0 Å². The molecule has 0 aromatic rings. The van der Waals surface area contributed by atoms with Gasteiger partial charge in [-0.2, -0.15) is 0 Å². The quantitative estimate of drug-likeness (QED) is 0.569. The predicted molar refractivity (Wildman–Crippen MR) is 42.5 cm³/mol. The molecule has 1 rings (SSSR count). The summed E-state index contributed by atoms with van der Waals surface area (Å²) in [6.07, 6.45) is 7.20. The third-order valence-electron chi connectivity index (χ3n) is 1.35. The highest BCUT2D eigenvalue weighted by atomic mass is 16.1. The third-order valence-corrected chi connectivity index (χ3v) is 1.35. The standard InChI is InChI=1S/C8H11N2O/c9-5-6-10-8(11)7-3-1-2-4-7/h1-4H,5-6,9H2,(H,10,11). The number of hydrogen-bond acceptors (Lipinski definition) is 2. The molecule has 0 spiro atoms. The first-order chi connectivity index (χ1) is 5.34. The van der Waals surface area contributed by atoms with Gasteiger partial charge >= 0.3 is 0 Å². The topological polar surface area (TPSA) is 55.1 Å². The zero-order valence-electron chi connectivity index (χ0n) is 6.21. The number of carbonyl (C=O) groups is 1. The van der Waals surface area contributed by atoms with Crippen LogP contribution in [-0.2, 0) is 4.79 Å². The van der Waals surface area contributed by atoms with E-state index in [0.717, 1.165) is 0 Å². The minimum Gasteiger partial charge on any atom is -0.354 e. The van der Waals surface area contributed by atoms with Crippen molar-refractivity contribution in [3.63, 3.8) is 0 Å². The van der Waals surface area contributed by atoms with Crippen LogP contribution in [0.4, 0.5) is 0 Å². The maximum Gasteiger partial charge on any atom is 0.227 e. The summed E-state index contributed by atoms with van der Waals surface area (Å²) in [6.45, 7) is 1.01. The summed E-state index contributed by atoms with van der Waals surface area (Å²) in [7, 11) is 0. The van der Waals surface area contributed by atoms with E-state index in [9.17, 15) is 4.79 Å². The number of rotatable bonds is 3. The molecule has 0 aliphatic heterocycles. The number of carbonyl (C=O) groups excluding carboxylic acids is 1. The summed E-state index contributed by atoms with van der Waals surface area (Å²) >= 11 is 0. The lowest BCUT2D eigenvalue weighted by Crippen LogP contribution is -2.32. The zero-order chi connectivity index (χ0) is 8.10. The van der Waals surface area contributed by atoms with E-state index >= 15 is 0 Å². The summed E-state index contributed by atoms with van der Waals surface area (Å²) in [5, 5.41) is 2.67. The van der Waals surface area contributed by atoms with Crippen LogP contribution in [0.2, 0.25) is 0 Å². The molecule has 0 saturated heterocycles. The lowest BCUT2D eigenvalue weighted by Gasteiger charge is -2.07. The van der Waals surface area contributed by atoms with E-state index in [4.69, 9.17) is 5.73 Å². The van der Waals surface area contributed by atoms with Crippen LogP contribution in [0.1, 0.15) is 0 Å². The number of amides is 1. The van der Waals surface area contributed by atoms with Crippen LogP contribution in [0, 0.1) is 31.6 Å². The van der Waals surface area contributed by atoms with E-state index in [1.54, 1.807) is 12.8 Å². The molecule has 3 N–H and O–H groups in total. The number of hydrogen-bond donors (Lipinski definition) is 2. The summed E-state index contributed by atoms with van der Waals surface area (Å²) in [4.78, 5) is 11.1. The van der Waals surface area contributed by atoms with E-state index in [-0.39, 0.29) is 5.91 Å². The third kappa shape index (κ3) is 2.50. The Hall–Kier alpha value is -0.570. The van der Waals surface area contributed by atoms with Gasteiger partial charge in [0.05, 0.1) is 5.92 Å². The molecule has 3 nitrogen and oxygen atoms in total. The normalized spacial score (nSPS) is 18.6. The molecule has 0 bridgehead atoms. The second-order valence-corrected chi connectivity index (χ2v) is 2.22. The molecule has 0 aromatic heterocycles. The van der Waals surface area contributed by atoms with E-state index in [1.165, 1.54) is 0 Å². The van der Waals surface area contributed by atoms with Gasteiger partial charge in [0, 0.05) is 13.1 Å². The molecule has 0 aromatic carbocycles. The molecule has 3 heteroatoms. The van der Waals surface area contributed by atoms with Crippen molar-refractivity contribution in [2.24, 2.45) is 5.73 Å². The van der Waals surface area contributed by atoms with Gasteiger partial charge in [-0.1, -0.05) is 0 Å². The van der Waals surface area contributed by atoms with Crippen LogP contribution in [0.15, 0.2) is 0 Å². The van der Waals surface area contributed by atoms with Crippen LogP contribution in [0.25, 0.3) is 0 Å². The fourth-order valence-electron chi connectivity index (χ4n) is 0.813. The highest BCUT2D eigenvalue weighted by molar-refractivity contribution is 5.95. The summed E-state index contributed by atoms with van der Waals surface area (Å²) in [5.41, 5.74) is 5.22. The lowest BCUT2D eigenvalue weighted by molar-refractivity contribution is -0.118. The van der Waals surface area contributed by atoms with Gasteiger partial charge in [0.15, 0.2) is 0 Å². The van der Waals surface area contributed by atoms with Gasteiger partial charge in [0.1, 0.15) is 0 Å².